The van der Waals surface area contributed by atoms with Gasteiger partial charge in [0.05, 0.1) is 12.3 Å². The molecule has 4 nitrogen and oxygen atoms in total. The van der Waals surface area contributed by atoms with Crippen LogP contribution in [0, 0.1) is 0 Å². The summed E-state index contributed by atoms with van der Waals surface area (Å²) in [6.45, 7) is 11.3. The second kappa shape index (κ2) is 7.82. The number of nitrogens with zero attached hydrogens (tertiary/aromatic N) is 2. The van der Waals surface area contributed by atoms with Crippen molar-refractivity contribution in [3.8, 4) is 0 Å². The molecule has 0 atom stereocenters. The molecule has 0 unspecified atom stereocenters. The van der Waals surface area contributed by atoms with Crippen LogP contribution in [-0.4, -0.2) is 38.3 Å². The van der Waals surface area contributed by atoms with E-state index in [0.717, 1.165) is 24.8 Å². The van der Waals surface area contributed by atoms with Crippen molar-refractivity contribution in [2.75, 3.05) is 32.2 Å². The quantitative estimate of drug-likeness (QED) is 0.745. The summed E-state index contributed by atoms with van der Waals surface area (Å²) in [5, 5.41) is 4.52. The fourth-order valence-corrected chi connectivity index (χ4v) is 2.96. The summed E-state index contributed by atoms with van der Waals surface area (Å²) in [6.07, 6.45) is 0. The zero-order valence-electron chi connectivity index (χ0n) is 13.0. The summed E-state index contributed by atoms with van der Waals surface area (Å²) in [5.74, 6) is 0.463. The van der Waals surface area contributed by atoms with E-state index in [1.165, 1.54) is 10.6 Å². The van der Waals surface area contributed by atoms with E-state index in [1.54, 1.807) is 18.4 Å². The van der Waals surface area contributed by atoms with Crippen molar-refractivity contribution in [3.63, 3.8) is 0 Å². The molecule has 0 aromatic carbocycles. The highest BCUT2D eigenvalue weighted by Crippen LogP contribution is 2.30. The van der Waals surface area contributed by atoms with Gasteiger partial charge in [-0.05, 0) is 19.8 Å². The van der Waals surface area contributed by atoms with Crippen molar-refractivity contribution in [2.45, 2.75) is 46.2 Å². The van der Waals surface area contributed by atoms with Gasteiger partial charge in [-0.2, -0.15) is 0 Å². The molecule has 0 amide bonds. The maximum Gasteiger partial charge on any atom is 0.185 e. The van der Waals surface area contributed by atoms with Gasteiger partial charge in [0.2, 0.25) is 0 Å². The van der Waals surface area contributed by atoms with Crippen LogP contribution in [0.15, 0.2) is 0 Å². The Labute approximate surface area is 121 Å². The minimum atomic E-state index is 0.463. The predicted molar refractivity (Wildman–Crippen MR) is 83.3 cm³/mol. The maximum absolute atomic E-state index is 5.05. The molecule has 0 spiro atoms. The third-order valence-electron chi connectivity index (χ3n) is 3.11. The number of hydrogen-bond donors (Lipinski definition) is 1. The van der Waals surface area contributed by atoms with Gasteiger partial charge >= 0.3 is 0 Å². The van der Waals surface area contributed by atoms with Crippen LogP contribution in [0.3, 0.4) is 0 Å². The van der Waals surface area contributed by atoms with Crippen molar-refractivity contribution in [1.82, 2.24) is 10.3 Å². The summed E-state index contributed by atoms with van der Waals surface area (Å²) in [6, 6.07) is 0.473. The molecule has 0 aliphatic carbocycles. The number of rotatable bonds is 8. The van der Waals surface area contributed by atoms with Gasteiger partial charge in [0, 0.05) is 38.2 Å². The fraction of sp³-hybridized carbons (Fsp3) is 0.786. The molecule has 0 radical (unpaired) electrons. The lowest BCUT2D eigenvalue weighted by molar-refractivity contribution is 0.199. The minimum absolute atomic E-state index is 0.463. The van der Waals surface area contributed by atoms with Crippen LogP contribution in [0.4, 0.5) is 5.13 Å². The maximum atomic E-state index is 5.05. The normalized spacial score (nSPS) is 11.6. The number of hydrogen-bond acceptors (Lipinski definition) is 5. The van der Waals surface area contributed by atoms with Gasteiger partial charge in [0.25, 0.3) is 0 Å². The van der Waals surface area contributed by atoms with Gasteiger partial charge in [-0.25, -0.2) is 4.98 Å². The Morgan fingerprint density at radius 3 is 2.53 bits per heavy atom. The minimum Gasteiger partial charge on any atom is -0.383 e. The van der Waals surface area contributed by atoms with E-state index in [0.29, 0.717) is 12.0 Å². The van der Waals surface area contributed by atoms with Crippen LogP contribution >= 0.6 is 11.3 Å². The van der Waals surface area contributed by atoms with Gasteiger partial charge in [-0.15, -0.1) is 11.3 Å². The predicted octanol–water partition coefficient (Wildman–Crippen LogP) is 2.85. The summed E-state index contributed by atoms with van der Waals surface area (Å²) in [7, 11) is 3.83. The highest BCUT2D eigenvalue weighted by Gasteiger charge is 2.17. The largest absolute Gasteiger partial charge is 0.383 e. The molecule has 1 aromatic rings. The van der Waals surface area contributed by atoms with E-state index in [9.17, 15) is 0 Å². The smallest absolute Gasteiger partial charge is 0.185 e. The molecule has 19 heavy (non-hydrogen) atoms. The fourth-order valence-electron chi connectivity index (χ4n) is 1.68. The van der Waals surface area contributed by atoms with Gasteiger partial charge in [0.1, 0.15) is 0 Å². The number of aromatic nitrogens is 1. The average Bonchev–Trinajstić information content (AvgIpc) is 2.77. The van der Waals surface area contributed by atoms with Gasteiger partial charge in [-0.1, -0.05) is 13.8 Å². The molecule has 0 saturated heterocycles. The Balaban J connectivity index is 2.77. The summed E-state index contributed by atoms with van der Waals surface area (Å²) >= 11 is 1.79. The molecule has 1 rings (SSSR count). The second-order valence-corrected chi connectivity index (χ2v) is 6.40. The number of methoxy groups -OCH3 is 1. The highest BCUT2D eigenvalue weighted by molar-refractivity contribution is 7.15. The molecule has 1 heterocycles. The summed E-state index contributed by atoms with van der Waals surface area (Å²) < 4.78 is 5.05. The van der Waals surface area contributed by atoms with Gasteiger partial charge < -0.3 is 15.0 Å². The van der Waals surface area contributed by atoms with E-state index in [1.807, 2.05) is 0 Å². The Kier molecular flexibility index (Phi) is 6.75. The first-order valence-corrected chi connectivity index (χ1v) is 7.71. The molecule has 0 saturated carbocycles. The number of anilines is 1. The summed E-state index contributed by atoms with van der Waals surface area (Å²) in [4.78, 5) is 8.38. The monoisotopic (exact) mass is 285 g/mol. The Morgan fingerprint density at radius 1 is 1.32 bits per heavy atom. The van der Waals surface area contributed by atoms with Gasteiger partial charge in [-0.3, -0.25) is 0 Å². The van der Waals surface area contributed by atoms with Crippen molar-refractivity contribution in [3.05, 3.63) is 10.6 Å². The van der Waals surface area contributed by atoms with E-state index in [2.05, 4.69) is 45.0 Å². The standard InChI is InChI=1S/C14H27N3OS/c1-10(2)13-12(9-15-7-8-18-6)19-14(16-13)17(5)11(3)4/h10-11,15H,7-9H2,1-6H3. The van der Waals surface area contributed by atoms with Crippen molar-refractivity contribution in [2.24, 2.45) is 0 Å². The number of ether oxygens (including phenoxy) is 1. The lowest BCUT2D eigenvalue weighted by atomic mass is 10.1. The topological polar surface area (TPSA) is 37.4 Å². The number of thiazole rings is 1. The zero-order chi connectivity index (χ0) is 14.4. The lowest BCUT2D eigenvalue weighted by Crippen LogP contribution is -2.25. The third-order valence-corrected chi connectivity index (χ3v) is 4.27. The Morgan fingerprint density at radius 2 is 2.00 bits per heavy atom. The van der Waals surface area contributed by atoms with Crippen LogP contribution in [-0.2, 0) is 11.3 Å². The molecule has 0 aliphatic rings. The molecule has 110 valence electrons. The zero-order valence-corrected chi connectivity index (χ0v) is 13.8. The van der Waals surface area contributed by atoms with E-state index < -0.39 is 0 Å². The van der Waals surface area contributed by atoms with E-state index >= 15 is 0 Å². The molecule has 1 N–H and O–H groups in total. The Hall–Kier alpha value is -0.650. The summed E-state index contributed by atoms with van der Waals surface area (Å²) in [5.41, 5.74) is 1.22. The molecule has 0 aliphatic heterocycles. The van der Waals surface area contributed by atoms with Gasteiger partial charge in [0.15, 0.2) is 5.13 Å². The van der Waals surface area contributed by atoms with Crippen molar-refractivity contribution < 1.29 is 4.74 Å². The first-order chi connectivity index (χ1) is 8.97. The molecule has 0 bridgehead atoms. The molecular formula is C14H27N3OS. The lowest BCUT2D eigenvalue weighted by Gasteiger charge is -2.19. The van der Waals surface area contributed by atoms with Crippen LogP contribution in [0.25, 0.3) is 0 Å². The SMILES string of the molecule is COCCNCc1sc(N(C)C(C)C)nc1C(C)C. The first kappa shape index (κ1) is 16.4. The second-order valence-electron chi connectivity index (χ2n) is 5.33. The molecule has 0 fully saturated rings. The van der Waals surface area contributed by atoms with Crippen LogP contribution in [0.2, 0.25) is 0 Å². The molecule has 5 heteroatoms. The van der Waals surface area contributed by atoms with E-state index in [4.69, 9.17) is 9.72 Å². The molecule has 1 aromatic heterocycles. The first-order valence-electron chi connectivity index (χ1n) is 6.89. The van der Waals surface area contributed by atoms with Crippen LogP contribution in [0.5, 0.6) is 0 Å². The third kappa shape index (κ3) is 4.75. The van der Waals surface area contributed by atoms with Crippen molar-refractivity contribution in [1.29, 1.82) is 0 Å². The highest BCUT2D eigenvalue weighted by atomic mass is 32.1. The average molecular weight is 285 g/mol. The van der Waals surface area contributed by atoms with Crippen LogP contribution in [0.1, 0.15) is 44.2 Å². The van der Waals surface area contributed by atoms with E-state index in [-0.39, 0.29) is 0 Å². The Bertz CT molecular complexity index is 377. The van der Waals surface area contributed by atoms with Crippen LogP contribution < -0.4 is 10.2 Å². The molecular weight excluding hydrogens is 258 g/mol. The number of nitrogens with one attached hydrogen (secondary N) is 1. The van der Waals surface area contributed by atoms with Crippen molar-refractivity contribution >= 4 is 16.5 Å².